The van der Waals surface area contributed by atoms with E-state index in [1.165, 1.54) is 0 Å². The number of ether oxygens (including phenoxy) is 3. The maximum atomic E-state index is 5.86. The number of benzene rings is 1. The SMILES string of the molecule is CCOC(CCOc1ccc(Cl)cc1Br)OCC. The maximum absolute atomic E-state index is 5.86. The molecule has 18 heavy (non-hydrogen) atoms. The van der Waals surface area contributed by atoms with Crippen molar-refractivity contribution in [1.82, 2.24) is 0 Å². The highest BCUT2D eigenvalue weighted by atomic mass is 79.9. The van der Waals surface area contributed by atoms with Crippen LogP contribution < -0.4 is 4.74 Å². The van der Waals surface area contributed by atoms with Crippen LogP contribution in [0.3, 0.4) is 0 Å². The molecule has 0 fully saturated rings. The van der Waals surface area contributed by atoms with E-state index in [-0.39, 0.29) is 6.29 Å². The average Bonchev–Trinajstić information content (AvgIpc) is 2.32. The molecule has 1 aromatic carbocycles. The molecule has 0 aromatic heterocycles. The van der Waals surface area contributed by atoms with Gasteiger partial charge in [0.15, 0.2) is 6.29 Å². The summed E-state index contributed by atoms with van der Waals surface area (Å²) in [5, 5.41) is 0.677. The van der Waals surface area contributed by atoms with Crippen LogP contribution in [0, 0.1) is 0 Å². The summed E-state index contributed by atoms with van der Waals surface area (Å²) < 4.78 is 17.4. The van der Waals surface area contributed by atoms with Crippen molar-refractivity contribution in [1.29, 1.82) is 0 Å². The number of rotatable bonds is 8. The molecular weight excluding hydrogens is 319 g/mol. The summed E-state index contributed by atoms with van der Waals surface area (Å²) in [6.07, 6.45) is 0.489. The van der Waals surface area contributed by atoms with Crippen LogP contribution in [-0.2, 0) is 9.47 Å². The Balaban J connectivity index is 2.39. The van der Waals surface area contributed by atoms with E-state index in [0.717, 1.165) is 10.2 Å². The number of halogens is 2. The molecule has 3 nitrogen and oxygen atoms in total. The standard InChI is InChI=1S/C13H18BrClO3/c1-3-16-13(17-4-2)7-8-18-12-6-5-10(15)9-11(12)14/h5-6,9,13H,3-4,7-8H2,1-2H3. The summed E-state index contributed by atoms with van der Waals surface area (Å²) in [5.74, 6) is 0.770. The van der Waals surface area contributed by atoms with Crippen LogP contribution in [-0.4, -0.2) is 26.1 Å². The predicted octanol–water partition coefficient (Wildman–Crippen LogP) is 4.27. The van der Waals surface area contributed by atoms with Crippen molar-refractivity contribution in [3.8, 4) is 5.75 Å². The van der Waals surface area contributed by atoms with Gasteiger partial charge in [0.1, 0.15) is 5.75 Å². The van der Waals surface area contributed by atoms with E-state index in [9.17, 15) is 0 Å². The fourth-order valence-corrected chi connectivity index (χ4v) is 2.24. The lowest BCUT2D eigenvalue weighted by Crippen LogP contribution is -2.20. The van der Waals surface area contributed by atoms with Gasteiger partial charge in [-0.15, -0.1) is 0 Å². The Morgan fingerprint density at radius 3 is 2.44 bits per heavy atom. The minimum Gasteiger partial charge on any atom is -0.492 e. The van der Waals surface area contributed by atoms with E-state index in [1.54, 1.807) is 12.1 Å². The summed E-state index contributed by atoms with van der Waals surface area (Å²) in [6.45, 7) is 5.70. The van der Waals surface area contributed by atoms with Crippen molar-refractivity contribution in [3.63, 3.8) is 0 Å². The second kappa shape index (κ2) is 8.75. The zero-order valence-corrected chi connectivity index (χ0v) is 13.0. The first-order valence-corrected chi connectivity index (χ1v) is 7.15. The van der Waals surface area contributed by atoms with Crippen molar-refractivity contribution < 1.29 is 14.2 Å². The van der Waals surface area contributed by atoms with Gasteiger partial charge in [-0.2, -0.15) is 0 Å². The Bertz CT molecular complexity index is 354. The monoisotopic (exact) mass is 336 g/mol. The summed E-state index contributed by atoms with van der Waals surface area (Å²) in [5.41, 5.74) is 0. The molecule has 0 aliphatic heterocycles. The molecule has 0 saturated heterocycles. The lowest BCUT2D eigenvalue weighted by atomic mass is 10.3. The molecule has 0 spiro atoms. The van der Waals surface area contributed by atoms with Crippen LogP contribution in [0.1, 0.15) is 20.3 Å². The van der Waals surface area contributed by atoms with E-state index in [4.69, 9.17) is 25.8 Å². The maximum Gasteiger partial charge on any atom is 0.160 e. The molecule has 1 rings (SSSR count). The first-order chi connectivity index (χ1) is 8.67. The quantitative estimate of drug-likeness (QED) is 0.663. The summed E-state index contributed by atoms with van der Waals surface area (Å²) >= 11 is 9.26. The molecule has 1 aromatic rings. The zero-order valence-electron chi connectivity index (χ0n) is 10.6. The molecular formula is C13H18BrClO3. The van der Waals surface area contributed by atoms with Crippen LogP contribution in [0.2, 0.25) is 5.02 Å². The van der Waals surface area contributed by atoms with Gasteiger partial charge in [0.25, 0.3) is 0 Å². The van der Waals surface area contributed by atoms with E-state index in [2.05, 4.69) is 15.9 Å². The topological polar surface area (TPSA) is 27.7 Å². The van der Waals surface area contributed by atoms with Crippen molar-refractivity contribution in [3.05, 3.63) is 27.7 Å². The first-order valence-electron chi connectivity index (χ1n) is 5.98. The molecule has 0 N–H and O–H groups in total. The molecule has 0 saturated carbocycles. The Labute approximate surface area is 121 Å². The van der Waals surface area contributed by atoms with Gasteiger partial charge in [0.05, 0.1) is 11.1 Å². The highest BCUT2D eigenvalue weighted by Crippen LogP contribution is 2.28. The Morgan fingerprint density at radius 2 is 1.89 bits per heavy atom. The van der Waals surface area contributed by atoms with Crippen LogP contribution >= 0.6 is 27.5 Å². The molecule has 5 heteroatoms. The molecule has 0 heterocycles. The van der Waals surface area contributed by atoms with Gasteiger partial charge >= 0.3 is 0 Å². The lowest BCUT2D eigenvalue weighted by molar-refractivity contribution is -0.142. The Kier molecular flexibility index (Phi) is 7.66. The third-order valence-corrected chi connectivity index (χ3v) is 3.06. The highest BCUT2D eigenvalue weighted by Gasteiger charge is 2.09. The normalized spacial score (nSPS) is 10.9. The fourth-order valence-electron chi connectivity index (χ4n) is 1.44. The van der Waals surface area contributed by atoms with Crippen LogP contribution in [0.4, 0.5) is 0 Å². The van der Waals surface area contributed by atoms with Gasteiger partial charge in [-0.25, -0.2) is 0 Å². The van der Waals surface area contributed by atoms with Gasteiger partial charge in [-0.05, 0) is 48.0 Å². The van der Waals surface area contributed by atoms with Gasteiger partial charge in [0.2, 0.25) is 0 Å². The zero-order chi connectivity index (χ0) is 13.4. The summed E-state index contributed by atoms with van der Waals surface area (Å²) in [7, 11) is 0. The molecule has 0 atom stereocenters. The van der Waals surface area contributed by atoms with Gasteiger partial charge in [0, 0.05) is 24.7 Å². The van der Waals surface area contributed by atoms with E-state index >= 15 is 0 Å². The van der Waals surface area contributed by atoms with E-state index < -0.39 is 0 Å². The summed E-state index contributed by atoms with van der Waals surface area (Å²) in [4.78, 5) is 0. The summed E-state index contributed by atoms with van der Waals surface area (Å²) in [6, 6.07) is 5.44. The number of hydrogen-bond acceptors (Lipinski definition) is 3. The predicted molar refractivity (Wildman–Crippen MR) is 76.3 cm³/mol. The molecule has 0 unspecified atom stereocenters. The van der Waals surface area contributed by atoms with Crippen LogP contribution in [0.5, 0.6) is 5.75 Å². The minimum absolute atomic E-state index is 0.203. The molecule has 0 aliphatic rings. The largest absolute Gasteiger partial charge is 0.492 e. The van der Waals surface area contributed by atoms with Crippen LogP contribution in [0.25, 0.3) is 0 Å². The van der Waals surface area contributed by atoms with Gasteiger partial charge in [-0.1, -0.05) is 11.6 Å². The average molecular weight is 338 g/mol. The minimum atomic E-state index is -0.203. The van der Waals surface area contributed by atoms with Gasteiger partial charge < -0.3 is 14.2 Å². The molecule has 0 radical (unpaired) electrons. The first kappa shape index (κ1) is 15.8. The Hall–Kier alpha value is -0.290. The Morgan fingerprint density at radius 1 is 1.22 bits per heavy atom. The third-order valence-electron chi connectivity index (χ3n) is 2.21. The van der Waals surface area contributed by atoms with Gasteiger partial charge in [-0.3, -0.25) is 0 Å². The third kappa shape index (κ3) is 5.57. The van der Waals surface area contributed by atoms with Crippen molar-refractivity contribution in [2.75, 3.05) is 19.8 Å². The second-order valence-electron chi connectivity index (χ2n) is 3.55. The molecule has 0 amide bonds. The molecule has 0 aliphatic carbocycles. The van der Waals surface area contributed by atoms with Crippen molar-refractivity contribution >= 4 is 27.5 Å². The van der Waals surface area contributed by atoms with E-state index in [0.29, 0.717) is 31.3 Å². The van der Waals surface area contributed by atoms with E-state index in [1.807, 2.05) is 19.9 Å². The molecule has 102 valence electrons. The fraction of sp³-hybridized carbons (Fsp3) is 0.538. The smallest absolute Gasteiger partial charge is 0.160 e. The lowest BCUT2D eigenvalue weighted by Gasteiger charge is -2.17. The molecule has 0 bridgehead atoms. The second-order valence-corrected chi connectivity index (χ2v) is 4.84. The number of hydrogen-bond donors (Lipinski definition) is 0. The highest BCUT2D eigenvalue weighted by molar-refractivity contribution is 9.10. The van der Waals surface area contributed by atoms with Crippen molar-refractivity contribution in [2.24, 2.45) is 0 Å². The van der Waals surface area contributed by atoms with Crippen molar-refractivity contribution in [2.45, 2.75) is 26.6 Å². The van der Waals surface area contributed by atoms with Crippen LogP contribution in [0.15, 0.2) is 22.7 Å².